The van der Waals surface area contributed by atoms with Crippen molar-refractivity contribution in [2.24, 2.45) is 0 Å². The maximum Gasteiger partial charge on any atom is 0.261 e. The second-order valence-electron chi connectivity index (χ2n) is 7.83. The number of rotatable bonds is 9. The number of benzene rings is 2. The van der Waals surface area contributed by atoms with Gasteiger partial charge in [-0.05, 0) is 67.8 Å². The van der Waals surface area contributed by atoms with Gasteiger partial charge in [0, 0.05) is 24.3 Å². The number of nitrogens with zero attached hydrogens (tertiary/aromatic N) is 3. The van der Waals surface area contributed by atoms with Crippen LogP contribution >= 0.6 is 0 Å². The van der Waals surface area contributed by atoms with E-state index in [-0.39, 0.29) is 4.90 Å². The molecule has 0 atom stereocenters. The summed E-state index contributed by atoms with van der Waals surface area (Å²) >= 11 is 0. The lowest BCUT2D eigenvalue weighted by molar-refractivity contribution is 0.309. The van der Waals surface area contributed by atoms with Crippen LogP contribution in [0.15, 0.2) is 65.6 Å². The summed E-state index contributed by atoms with van der Waals surface area (Å²) in [6.45, 7) is 4.74. The molecule has 7 nitrogen and oxygen atoms in total. The highest BCUT2D eigenvalue weighted by Crippen LogP contribution is 2.25. The molecule has 0 radical (unpaired) electrons. The molecule has 2 heterocycles. The molecule has 0 amide bonds. The van der Waals surface area contributed by atoms with Crippen molar-refractivity contribution in [1.82, 2.24) is 10.2 Å². The fraction of sp³-hybridized carbons (Fsp3) is 0.333. The van der Waals surface area contributed by atoms with Crippen molar-refractivity contribution in [1.29, 1.82) is 0 Å². The van der Waals surface area contributed by atoms with E-state index in [9.17, 15) is 8.42 Å². The largest absolute Gasteiger partial charge is 0.494 e. The van der Waals surface area contributed by atoms with E-state index in [1.165, 1.54) is 12.8 Å². The van der Waals surface area contributed by atoms with Crippen molar-refractivity contribution in [3.05, 3.63) is 60.7 Å². The first-order chi connectivity index (χ1) is 15.5. The van der Waals surface area contributed by atoms with E-state index < -0.39 is 10.0 Å². The van der Waals surface area contributed by atoms with Gasteiger partial charge in [0.25, 0.3) is 10.0 Å². The zero-order valence-electron chi connectivity index (χ0n) is 18.2. The van der Waals surface area contributed by atoms with E-state index in [4.69, 9.17) is 4.74 Å². The van der Waals surface area contributed by atoms with Crippen molar-refractivity contribution in [3.8, 4) is 17.0 Å². The molecule has 4 rings (SSSR count). The quantitative estimate of drug-likeness (QED) is 0.473. The molecule has 3 aromatic rings. The van der Waals surface area contributed by atoms with Crippen molar-refractivity contribution in [2.45, 2.75) is 37.5 Å². The molecule has 8 heteroatoms. The van der Waals surface area contributed by atoms with Gasteiger partial charge in [0.05, 0.1) is 17.2 Å². The lowest BCUT2D eigenvalue weighted by Gasteiger charge is -2.15. The minimum atomic E-state index is -3.72. The van der Waals surface area contributed by atoms with Crippen LogP contribution in [0.1, 0.15) is 32.6 Å². The lowest BCUT2D eigenvalue weighted by Crippen LogP contribution is -2.19. The third-order valence-corrected chi connectivity index (χ3v) is 6.79. The molecular weight excluding hydrogens is 424 g/mol. The summed E-state index contributed by atoms with van der Waals surface area (Å²) in [5, 5.41) is 8.70. The summed E-state index contributed by atoms with van der Waals surface area (Å²) in [5.41, 5.74) is 1.96. The molecule has 32 heavy (non-hydrogen) atoms. The molecule has 1 aliphatic heterocycles. The van der Waals surface area contributed by atoms with Crippen molar-refractivity contribution >= 4 is 21.5 Å². The van der Waals surface area contributed by atoms with Crippen LogP contribution in [-0.4, -0.2) is 38.3 Å². The second-order valence-corrected chi connectivity index (χ2v) is 9.51. The average molecular weight is 453 g/mol. The van der Waals surface area contributed by atoms with Gasteiger partial charge in [-0.3, -0.25) is 4.72 Å². The minimum absolute atomic E-state index is 0.181. The van der Waals surface area contributed by atoms with Crippen molar-refractivity contribution in [3.63, 3.8) is 0 Å². The number of hydrogen-bond donors (Lipinski definition) is 1. The Kier molecular flexibility index (Phi) is 6.90. The van der Waals surface area contributed by atoms with Gasteiger partial charge < -0.3 is 9.64 Å². The third-order valence-electron chi connectivity index (χ3n) is 5.39. The van der Waals surface area contributed by atoms with Crippen molar-refractivity contribution < 1.29 is 13.2 Å². The molecule has 2 aromatic carbocycles. The first kappa shape index (κ1) is 22.1. The van der Waals surface area contributed by atoms with Gasteiger partial charge in [-0.15, -0.1) is 10.2 Å². The Balaban J connectivity index is 1.46. The first-order valence-electron chi connectivity index (χ1n) is 11.0. The summed E-state index contributed by atoms with van der Waals surface area (Å²) in [6, 6.07) is 17.5. The lowest BCUT2D eigenvalue weighted by atomic mass is 10.1. The van der Waals surface area contributed by atoms with E-state index >= 15 is 0 Å². The average Bonchev–Trinajstić information content (AvgIpc) is 3.35. The van der Waals surface area contributed by atoms with Crippen LogP contribution in [0.2, 0.25) is 0 Å². The van der Waals surface area contributed by atoms with Gasteiger partial charge >= 0.3 is 0 Å². The molecule has 1 N–H and O–H groups in total. The fourth-order valence-corrected chi connectivity index (χ4v) is 4.65. The predicted molar refractivity (Wildman–Crippen MR) is 127 cm³/mol. The predicted octanol–water partition coefficient (Wildman–Crippen LogP) is 4.72. The molecule has 1 aliphatic rings. The molecule has 0 aliphatic carbocycles. The van der Waals surface area contributed by atoms with E-state index in [1.807, 2.05) is 18.2 Å². The summed E-state index contributed by atoms with van der Waals surface area (Å²) in [4.78, 5) is 2.40. The van der Waals surface area contributed by atoms with Gasteiger partial charge in [-0.25, -0.2) is 8.42 Å². The number of aromatic nitrogens is 2. The van der Waals surface area contributed by atoms with E-state index in [0.717, 1.165) is 37.3 Å². The summed E-state index contributed by atoms with van der Waals surface area (Å²) in [6.07, 6.45) is 4.37. The molecular formula is C24H28N4O3S. The standard InChI is InChI=1S/C24H28N4O3S/c1-2-3-17-31-21-9-11-22(12-10-21)32(29,30)27-20-8-6-7-19(18-20)23-13-14-24(26-25-23)28-15-4-5-16-28/h6-14,18,27H,2-5,15-17H2,1H3. The van der Waals surface area contributed by atoms with Crippen LogP contribution in [-0.2, 0) is 10.0 Å². The normalized spacial score (nSPS) is 13.8. The minimum Gasteiger partial charge on any atom is -0.494 e. The Hall–Kier alpha value is -3.13. The maximum atomic E-state index is 12.8. The van der Waals surface area contributed by atoms with Gasteiger partial charge in [0.2, 0.25) is 0 Å². The third kappa shape index (κ3) is 5.37. The molecule has 1 saturated heterocycles. The van der Waals surface area contributed by atoms with Crippen LogP contribution in [0.4, 0.5) is 11.5 Å². The number of anilines is 2. The highest BCUT2D eigenvalue weighted by atomic mass is 32.2. The highest BCUT2D eigenvalue weighted by molar-refractivity contribution is 7.92. The van der Waals surface area contributed by atoms with E-state index in [2.05, 4.69) is 26.7 Å². The number of hydrogen-bond acceptors (Lipinski definition) is 6. The Morgan fingerprint density at radius 1 is 1.00 bits per heavy atom. The Bertz CT molecular complexity index is 1130. The van der Waals surface area contributed by atoms with Crippen molar-refractivity contribution in [2.75, 3.05) is 29.3 Å². The molecule has 0 bridgehead atoms. The van der Waals surface area contributed by atoms with Crippen LogP contribution in [0.5, 0.6) is 5.75 Å². The van der Waals surface area contributed by atoms with Crippen LogP contribution in [0, 0.1) is 0 Å². The van der Waals surface area contributed by atoms with Gasteiger partial charge in [-0.2, -0.15) is 0 Å². The summed E-state index contributed by atoms with van der Waals surface area (Å²) in [7, 11) is -3.72. The first-order valence-corrected chi connectivity index (χ1v) is 12.5. The highest BCUT2D eigenvalue weighted by Gasteiger charge is 2.16. The smallest absolute Gasteiger partial charge is 0.261 e. The Morgan fingerprint density at radius 3 is 2.47 bits per heavy atom. The Labute approximate surface area is 189 Å². The molecule has 1 aromatic heterocycles. The molecule has 0 spiro atoms. The zero-order valence-corrected chi connectivity index (χ0v) is 19.0. The number of unbranched alkanes of at least 4 members (excludes halogenated alkanes) is 1. The number of nitrogens with one attached hydrogen (secondary N) is 1. The zero-order chi connectivity index (χ0) is 22.4. The van der Waals surface area contributed by atoms with E-state index in [0.29, 0.717) is 23.7 Å². The summed E-state index contributed by atoms with van der Waals surface area (Å²) in [5.74, 6) is 1.54. The fourth-order valence-electron chi connectivity index (χ4n) is 3.60. The van der Waals surface area contributed by atoms with Gasteiger partial charge in [0.1, 0.15) is 5.75 Å². The van der Waals surface area contributed by atoms with E-state index in [1.54, 1.807) is 42.5 Å². The SMILES string of the molecule is CCCCOc1ccc(S(=O)(=O)Nc2cccc(-c3ccc(N4CCCC4)nn3)c2)cc1. The van der Waals surface area contributed by atoms with Crippen LogP contribution in [0.3, 0.4) is 0 Å². The maximum absolute atomic E-state index is 12.8. The van der Waals surface area contributed by atoms with Crippen LogP contribution < -0.4 is 14.4 Å². The summed E-state index contributed by atoms with van der Waals surface area (Å²) < 4.78 is 33.9. The Morgan fingerprint density at radius 2 is 1.78 bits per heavy atom. The molecule has 1 fully saturated rings. The van der Waals surface area contributed by atoms with Crippen LogP contribution in [0.25, 0.3) is 11.3 Å². The second kappa shape index (κ2) is 9.99. The number of ether oxygens (including phenoxy) is 1. The van der Waals surface area contributed by atoms with Gasteiger partial charge in [-0.1, -0.05) is 25.5 Å². The monoisotopic (exact) mass is 452 g/mol. The van der Waals surface area contributed by atoms with Gasteiger partial charge in [0.15, 0.2) is 5.82 Å². The number of sulfonamides is 1. The molecule has 0 unspecified atom stereocenters. The topological polar surface area (TPSA) is 84.4 Å². The molecule has 168 valence electrons. The molecule has 0 saturated carbocycles.